The number of aryl methyl sites for hydroxylation is 1. The fourth-order valence-corrected chi connectivity index (χ4v) is 4.25. The van der Waals surface area contributed by atoms with Gasteiger partial charge in [0.05, 0.1) is 10.0 Å². The molecule has 2 aromatic rings. The Morgan fingerprint density at radius 2 is 1.69 bits per heavy atom. The summed E-state index contributed by atoms with van der Waals surface area (Å²) in [6.45, 7) is 6.84. The molecule has 4 rings (SSSR count). The molecule has 29 heavy (non-hydrogen) atoms. The summed E-state index contributed by atoms with van der Waals surface area (Å²) in [5.41, 5.74) is 5.14. The number of halogens is 2. The number of hydrogen-bond acceptors (Lipinski definition) is 3. The molecule has 0 spiro atoms. The van der Waals surface area contributed by atoms with Gasteiger partial charge in [-0.05, 0) is 62.4 Å². The topological polar surface area (TPSA) is 26.8 Å². The maximum Gasteiger partial charge on any atom is 0.254 e. The first-order valence-electron chi connectivity index (χ1n) is 9.94. The third-order valence-electron chi connectivity index (χ3n) is 5.70. The average Bonchev–Trinajstić information content (AvgIpc) is 3.05. The lowest BCUT2D eigenvalue weighted by Crippen LogP contribution is -2.44. The monoisotopic (exact) mass is 429 g/mol. The van der Waals surface area contributed by atoms with Crippen molar-refractivity contribution >= 4 is 46.6 Å². The lowest BCUT2D eigenvalue weighted by Gasteiger charge is -2.35. The average molecular weight is 430 g/mol. The van der Waals surface area contributed by atoms with Crippen LogP contribution in [0.3, 0.4) is 0 Å². The van der Waals surface area contributed by atoms with Crippen LogP contribution in [0, 0.1) is 6.92 Å². The largest absolute Gasteiger partial charge is 0.368 e. The zero-order valence-electron chi connectivity index (χ0n) is 16.8. The van der Waals surface area contributed by atoms with Crippen molar-refractivity contribution < 1.29 is 4.79 Å². The van der Waals surface area contributed by atoms with Crippen LogP contribution in [0.5, 0.6) is 0 Å². The predicted molar refractivity (Wildman–Crippen MR) is 122 cm³/mol. The lowest BCUT2D eigenvalue weighted by atomic mass is 10.0. The Morgan fingerprint density at radius 3 is 2.41 bits per heavy atom. The molecule has 2 aliphatic heterocycles. The number of benzene rings is 2. The van der Waals surface area contributed by atoms with Crippen LogP contribution in [0.25, 0.3) is 6.08 Å². The van der Waals surface area contributed by atoms with Crippen molar-refractivity contribution in [2.45, 2.75) is 13.3 Å². The summed E-state index contributed by atoms with van der Waals surface area (Å²) in [6, 6.07) is 11.8. The number of amides is 1. The van der Waals surface area contributed by atoms with Crippen molar-refractivity contribution in [3.63, 3.8) is 0 Å². The van der Waals surface area contributed by atoms with E-state index in [-0.39, 0.29) is 5.91 Å². The number of likely N-dealkylation sites (N-methyl/N-ethyl adjacent to an activating group) is 1. The van der Waals surface area contributed by atoms with Crippen LogP contribution in [-0.4, -0.2) is 50.6 Å². The third kappa shape index (κ3) is 4.30. The highest BCUT2D eigenvalue weighted by molar-refractivity contribution is 6.42. The van der Waals surface area contributed by atoms with Gasteiger partial charge in [-0.25, -0.2) is 0 Å². The Morgan fingerprint density at radius 1 is 0.931 bits per heavy atom. The van der Waals surface area contributed by atoms with Gasteiger partial charge in [-0.2, -0.15) is 0 Å². The van der Waals surface area contributed by atoms with Crippen LogP contribution in [-0.2, 0) is 4.79 Å². The standard InChI is InChI=1S/C23H25Cl2N3O/c1-16-3-6-22(27-11-9-26(2)10-12-27)18(13-16)14-17-7-8-28(23(17)29)19-4-5-20(24)21(25)15-19/h3-6,13-15H,7-12H2,1-2H3. The minimum Gasteiger partial charge on any atom is -0.368 e. The quantitative estimate of drug-likeness (QED) is 0.650. The summed E-state index contributed by atoms with van der Waals surface area (Å²) in [5, 5.41) is 0.958. The van der Waals surface area contributed by atoms with Gasteiger partial charge in [-0.15, -0.1) is 0 Å². The molecule has 0 aliphatic carbocycles. The van der Waals surface area contributed by atoms with Gasteiger partial charge >= 0.3 is 0 Å². The molecule has 0 radical (unpaired) electrons. The van der Waals surface area contributed by atoms with E-state index >= 15 is 0 Å². The second-order valence-corrected chi connectivity index (χ2v) is 8.64. The van der Waals surface area contributed by atoms with Crippen molar-refractivity contribution in [1.82, 2.24) is 4.90 Å². The van der Waals surface area contributed by atoms with Gasteiger partial charge in [0, 0.05) is 49.7 Å². The Hall–Kier alpha value is -2.01. The van der Waals surface area contributed by atoms with Crippen molar-refractivity contribution in [3.05, 3.63) is 63.1 Å². The van der Waals surface area contributed by atoms with E-state index in [1.165, 1.54) is 11.3 Å². The summed E-state index contributed by atoms with van der Waals surface area (Å²) in [4.78, 5) is 19.6. The predicted octanol–water partition coefficient (Wildman–Crippen LogP) is 4.87. The first-order valence-corrected chi connectivity index (χ1v) is 10.7. The number of carbonyl (C=O) groups excluding carboxylic acids is 1. The molecule has 0 N–H and O–H groups in total. The number of nitrogens with zero attached hydrogens (tertiary/aromatic N) is 3. The highest BCUT2D eigenvalue weighted by Crippen LogP contribution is 2.33. The number of anilines is 2. The SMILES string of the molecule is Cc1ccc(N2CCN(C)CC2)c(C=C2CCN(c3ccc(Cl)c(Cl)c3)C2=O)c1. The number of piperazine rings is 1. The molecular weight excluding hydrogens is 405 g/mol. The Balaban J connectivity index is 1.62. The third-order valence-corrected chi connectivity index (χ3v) is 6.44. The van der Waals surface area contributed by atoms with E-state index in [0.29, 0.717) is 16.6 Å². The molecule has 152 valence electrons. The van der Waals surface area contributed by atoms with Crippen molar-refractivity contribution in [2.75, 3.05) is 49.6 Å². The summed E-state index contributed by atoms with van der Waals surface area (Å²) in [7, 11) is 2.16. The second-order valence-electron chi connectivity index (χ2n) is 7.83. The fourth-order valence-electron chi connectivity index (χ4n) is 3.96. The Kier molecular flexibility index (Phi) is 5.86. The molecule has 0 aromatic heterocycles. The van der Waals surface area contributed by atoms with E-state index in [1.807, 2.05) is 6.07 Å². The van der Waals surface area contributed by atoms with E-state index in [9.17, 15) is 4.79 Å². The molecule has 2 saturated heterocycles. The summed E-state index contributed by atoms with van der Waals surface area (Å²) in [6.07, 6.45) is 2.79. The molecular formula is C23H25Cl2N3O. The maximum absolute atomic E-state index is 13.1. The molecule has 0 unspecified atom stereocenters. The first kappa shape index (κ1) is 20.3. The molecule has 1 amide bonds. The van der Waals surface area contributed by atoms with Crippen LogP contribution >= 0.6 is 23.2 Å². The lowest BCUT2D eigenvalue weighted by molar-refractivity contribution is -0.114. The summed E-state index contributed by atoms with van der Waals surface area (Å²) >= 11 is 12.2. The molecule has 6 heteroatoms. The molecule has 2 fully saturated rings. The Labute approximate surface area is 182 Å². The number of carbonyl (C=O) groups is 1. The highest BCUT2D eigenvalue weighted by Gasteiger charge is 2.28. The second kappa shape index (κ2) is 8.39. The Bertz CT molecular complexity index is 965. The smallest absolute Gasteiger partial charge is 0.254 e. The zero-order valence-corrected chi connectivity index (χ0v) is 18.3. The molecule has 0 atom stereocenters. The molecule has 4 nitrogen and oxygen atoms in total. The summed E-state index contributed by atoms with van der Waals surface area (Å²) < 4.78 is 0. The van der Waals surface area contributed by atoms with Gasteiger partial charge in [-0.3, -0.25) is 4.79 Å². The van der Waals surface area contributed by atoms with Gasteiger partial charge in [0.1, 0.15) is 0 Å². The minimum absolute atomic E-state index is 0.0363. The molecule has 2 aliphatic rings. The molecule has 2 aromatic carbocycles. The van der Waals surface area contributed by atoms with Crippen LogP contribution < -0.4 is 9.80 Å². The van der Waals surface area contributed by atoms with Crippen LogP contribution in [0.15, 0.2) is 42.0 Å². The van der Waals surface area contributed by atoms with E-state index in [2.05, 4.69) is 48.0 Å². The van der Waals surface area contributed by atoms with Crippen molar-refractivity contribution in [1.29, 1.82) is 0 Å². The van der Waals surface area contributed by atoms with E-state index in [4.69, 9.17) is 23.2 Å². The summed E-state index contributed by atoms with van der Waals surface area (Å²) in [5.74, 6) is 0.0363. The van der Waals surface area contributed by atoms with Crippen LogP contribution in [0.4, 0.5) is 11.4 Å². The van der Waals surface area contributed by atoms with E-state index in [0.717, 1.165) is 49.4 Å². The van der Waals surface area contributed by atoms with Crippen LogP contribution in [0.1, 0.15) is 17.5 Å². The normalized spacial score (nSPS) is 19.4. The van der Waals surface area contributed by atoms with Gasteiger partial charge < -0.3 is 14.7 Å². The van der Waals surface area contributed by atoms with Gasteiger partial charge in [-0.1, -0.05) is 34.8 Å². The highest BCUT2D eigenvalue weighted by atomic mass is 35.5. The molecule has 2 heterocycles. The number of rotatable bonds is 3. The van der Waals surface area contributed by atoms with Crippen molar-refractivity contribution in [2.24, 2.45) is 0 Å². The molecule has 0 bridgehead atoms. The van der Waals surface area contributed by atoms with Gasteiger partial charge in [0.2, 0.25) is 0 Å². The maximum atomic E-state index is 13.1. The fraction of sp³-hybridized carbons (Fsp3) is 0.348. The minimum atomic E-state index is 0.0363. The van der Waals surface area contributed by atoms with Gasteiger partial charge in [0.25, 0.3) is 5.91 Å². The molecule has 0 saturated carbocycles. The van der Waals surface area contributed by atoms with E-state index in [1.54, 1.807) is 17.0 Å². The van der Waals surface area contributed by atoms with E-state index < -0.39 is 0 Å². The zero-order chi connectivity index (χ0) is 20.5. The first-order chi connectivity index (χ1) is 13.9. The van der Waals surface area contributed by atoms with Gasteiger partial charge in [0.15, 0.2) is 0 Å². The van der Waals surface area contributed by atoms with Crippen molar-refractivity contribution in [3.8, 4) is 0 Å². The van der Waals surface area contributed by atoms with Crippen LogP contribution in [0.2, 0.25) is 10.0 Å². The number of hydrogen-bond donors (Lipinski definition) is 0.